The van der Waals surface area contributed by atoms with E-state index >= 15 is 0 Å². The molecule has 0 bridgehead atoms. The van der Waals surface area contributed by atoms with Gasteiger partial charge in [0.1, 0.15) is 23.0 Å². The van der Waals surface area contributed by atoms with Gasteiger partial charge in [-0.3, -0.25) is 0 Å². The first kappa shape index (κ1) is 14.7. The number of rotatable bonds is 7. The number of aromatic nitrogens is 3. The van der Waals surface area contributed by atoms with E-state index in [1.807, 2.05) is 6.20 Å². The summed E-state index contributed by atoms with van der Waals surface area (Å²) in [7, 11) is 0. The molecular weight excluding hydrogens is 270 g/mol. The third kappa shape index (κ3) is 3.66. The molecule has 0 aliphatic rings. The fourth-order valence-corrected chi connectivity index (χ4v) is 2.74. The molecule has 2 N–H and O–H groups in total. The van der Waals surface area contributed by atoms with Gasteiger partial charge < -0.3 is 10.6 Å². The van der Waals surface area contributed by atoms with Crippen molar-refractivity contribution in [2.75, 3.05) is 17.2 Å². The summed E-state index contributed by atoms with van der Waals surface area (Å²) < 4.78 is 0. The van der Waals surface area contributed by atoms with E-state index in [1.54, 1.807) is 17.7 Å². The van der Waals surface area contributed by atoms with Crippen molar-refractivity contribution in [3.63, 3.8) is 0 Å². The van der Waals surface area contributed by atoms with Crippen molar-refractivity contribution in [1.29, 1.82) is 0 Å². The largest absolute Gasteiger partial charge is 0.370 e. The Morgan fingerprint density at radius 3 is 2.45 bits per heavy atom. The van der Waals surface area contributed by atoms with E-state index in [2.05, 4.69) is 46.4 Å². The molecule has 2 rings (SSSR count). The van der Waals surface area contributed by atoms with Crippen molar-refractivity contribution >= 4 is 23.0 Å². The van der Waals surface area contributed by atoms with Gasteiger partial charge in [0.2, 0.25) is 0 Å². The van der Waals surface area contributed by atoms with Crippen LogP contribution < -0.4 is 10.6 Å². The second kappa shape index (κ2) is 7.19. The maximum Gasteiger partial charge on any atom is 0.135 e. The number of anilines is 2. The van der Waals surface area contributed by atoms with Crippen molar-refractivity contribution in [3.8, 4) is 0 Å². The highest BCUT2D eigenvalue weighted by Crippen LogP contribution is 2.22. The second-order valence-corrected chi connectivity index (χ2v) is 5.87. The number of nitrogens with zero attached hydrogens (tertiary/aromatic N) is 3. The zero-order valence-corrected chi connectivity index (χ0v) is 13.0. The number of thiazole rings is 1. The molecule has 0 unspecified atom stereocenters. The maximum atomic E-state index is 4.38. The Hall–Kier alpha value is -1.69. The summed E-state index contributed by atoms with van der Waals surface area (Å²) in [5, 5.41) is 7.76. The average Bonchev–Trinajstić information content (AvgIpc) is 2.85. The van der Waals surface area contributed by atoms with Crippen molar-refractivity contribution in [2.45, 2.75) is 40.2 Å². The van der Waals surface area contributed by atoms with Gasteiger partial charge in [-0.15, -0.1) is 11.3 Å². The standard InChI is InChI=1S/C14H21N5S/c1-4-6-11-13(15-5-2)18-9-19-14(11)17-8-12-16-7-10(3)20-12/h7,9H,4-6,8H2,1-3H3,(H2,15,17,18,19). The van der Waals surface area contributed by atoms with Crippen molar-refractivity contribution in [1.82, 2.24) is 15.0 Å². The minimum atomic E-state index is 0.706. The first-order chi connectivity index (χ1) is 9.74. The molecule has 20 heavy (non-hydrogen) atoms. The molecule has 2 aromatic heterocycles. The summed E-state index contributed by atoms with van der Waals surface area (Å²) in [5.74, 6) is 1.84. The molecule has 0 saturated heterocycles. The highest BCUT2D eigenvalue weighted by molar-refractivity contribution is 7.11. The molecule has 2 heterocycles. The van der Waals surface area contributed by atoms with Crippen LogP contribution in [0.4, 0.5) is 11.6 Å². The highest BCUT2D eigenvalue weighted by Gasteiger charge is 2.10. The summed E-state index contributed by atoms with van der Waals surface area (Å²) in [6.45, 7) is 7.87. The third-order valence-corrected chi connectivity index (χ3v) is 3.78. The van der Waals surface area contributed by atoms with Gasteiger partial charge in [-0.1, -0.05) is 13.3 Å². The van der Waals surface area contributed by atoms with Gasteiger partial charge in [-0.05, 0) is 20.3 Å². The molecule has 0 spiro atoms. The van der Waals surface area contributed by atoms with Gasteiger partial charge in [0.15, 0.2) is 0 Å². The lowest BCUT2D eigenvalue weighted by molar-refractivity contribution is 0.894. The quantitative estimate of drug-likeness (QED) is 0.820. The van der Waals surface area contributed by atoms with Crippen LogP contribution in [0.1, 0.15) is 35.7 Å². The van der Waals surface area contributed by atoms with E-state index < -0.39 is 0 Å². The summed E-state index contributed by atoms with van der Waals surface area (Å²) in [6, 6.07) is 0. The molecule has 2 aromatic rings. The van der Waals surface area contributed by atoms with Crippen molar-refractivity contribution in [3.05, 3.63) is 28.0 Å². The van der Waals surface area contributed by atoms with Crippen LogP contribution >= 0.6 is 11.3 Å². The topological polar surface area (TPSA) is 62.7 Å². The highest BCUT2D eigenvalue weighted by atomic mass is 32.1. The number of hydrogen-bond acceptors (Lipinski definition) is 6. The van der Waals surface area contributed by atoms with Gasteiger partial charge in [0, 0.05) is 23.2 Å². The minimum absolute atomic E-state index is 0.706. The van der Waals surface area contributed by atoms with Crippen LogP contribution in [0.2, 0.25) is 0 Å². The number of hydrogen-bond donors (Lipinski definition) is 2. The van der Waals surface area contributed by atoms with Gasteiger partial charge >= 0.3 is 0 Å². The van der Waals surface area contributed by atoms with Gasteiger partial charge in [-0.25, -0.2) is 15.0 Å². The van der Waals surface area contributed by atoms with Crippen molar-refractivity contribution in [2.24, 2.45) is 0 Å². The van der Waals surface area contributed by atoms with E-state index in [0.29, 0.717) is 6.54 Å². The van der Waals surface area contributed by atoms with Gasteiger partial charge in [0.05, 0.1) is 6.54 Å². The molecule has 5 nitrogen and oxygen atoms in total. The van der Waals surface area contributed by atoms with E-state index in [1.165, 1.54) is 4.88 Å². The molecule has 0 aliphatic heterocycles. The zero-order valence-electron chi connectivity index (χ0n) is 12.2. The molecule has 0 amide bonds. The summed E-state index contributed by atoms with van der Waals surface area (Å²) >= 11 is 1.71. The molecule has 108 valence electrons. The SMILES string of the molecule is CCCc1c(NCC)ncnc1NCc1ncc(C)s1. The average molecular weight is 291 g/mol. The molecule has 0 fully saturated rings. The van der Waals surface area contributed by atoms with Crippen LogP contribution in [0.15, 0.2) is 12.5 Å². The molecule has 0 radical (unpaired) electrons. The Labute approximate surface area is 123 Å². The predicted molar refractivity (Wildman–Crippen MR) is 84.4 cm³/mol. The molecule has 0 atom stereocenters. The Balaban J connectivity index is 2.14. The monoisotopic (exact) mass is 291 g/mol. The maximum absolute atomic E-state index is 4.38. The Kier molecular flexibility index (Phi) is 5.29. The predicted octanol–water partition coefficient (Wildman–Crippen LogP) is 3.24. The van der Waals surface area contributed by atoms with Crippen molar-refractivity contribution < 1.29 is 0 Å². The lowest BCUT2D eigenvalue weighted by Crippen LogP contribution is -2.10. The number of aryl methyl sites for hydroxylation is 1. The summed E-state index contributed by atoms with van der Waals surface area (Å²) in [6.07, 6.45) is 5.53. The van der Waals surface area contributed by atoms with E-state index in [9.17, 15) is 0 Å². The van der Waals surface area contributed by atoms with Crippen LogP contribution in [0.5, 0.6) is 0 Å². The molecule has 0 aromatic carbocycles. The smallest absolute Gasteiger partial charge is 0.135 e. The Bertz CT molecular complexity index is 552. The first-order valence-electron chi connectivity index (χ1n) is 6.97. The minimum Gasteiger partial charge on any atom is -0.370 e. The fraction of sp³-hybridized carbons (Fsp3) is 0.500. The molecule has 0 saturated carbocycles. The zero-order chi connectivity index (χ0) is 14.4. The van der Waals surface area contributed by atoms with E-state index in [4.69, 9.17) is 0 Å². The Morgan fingerprint density at radius 2 is 1.85 bits per heavy atom. The lowest BCUT2D eigenvalue weighted by atomic mass is 10.1. The molecule has 6 heteroatoms. The fourth-order valence-electron chi connectivity index (χ4n) is 2.01. The lowest BCUT2D eigenvalue weighted by Gasteiger charge is -2.13. The third-order valence-electron chi connectivity index (χ3n) is 2.87. The Morgan fingerprint density at radius 1 is 1.10 bits per heavy atom. The van der Waals surface area contributed by atoms with E-state index in [0.717, 1.165) is 41.6 Å². The van der Waals surface area contributed by atoms with Crippen LogP contribution in [0.3, 0.4) is 0 Å². The van der Waals surface area contributed by atoms with Crippen LogP contribution in [0.25, 0.3) is 0 Å². The van der Waals surface area contributed by atoms with Crippen LogP contribution in [-0.2, 0) is 13.0 Å². The normalized spacial score (nSPS) is 10.6. The summed E-state index contributed by atoms with van der Waals surface area (Å²) in [4.78, 5) is 14.3. The van der Waals surface area contributed by atoms with Crippen LogP contribution in [-0.4, -0.2) is 21.5 Å². The van der Waals surface area contributed by atoms with Gasteiger partial charge in [0.25, 0.3) is 0 Å². The molecule has 0 aliphatic carbocycles. The molecular formula is C14H21N5S. The summed E-state index contributed by atoms with van der Waals surface area (Å²) in [5.41, 5.74) is 1.16. The van der Waals surface area contributed by atoms with Gasteiger partial charge in [-0.2, -0.15) is 0 Å². The second-order valence-electron chi connectivity index (χ2n) is 4.55. The van der Waals surface area contributed by atoms with Crippen LogP contribution in [0, 0.1) is 6.92 Å². The first-order valence-corrected chi connectivity index (χ1v) is 7.79. The van der Waals surface area contributed by atoms with E-state index in [-0.39, 0.29) is 0 Å². The number of nitrogens with one attached hydrogen (secondary N) is 2.